The molecule has 1 aromatic carbocycles. The number of rotatable bonds is 5. The van der Waals surface area contributed by atoms with Gasteiger partial charge in [0.1, 0.15) is 0 Å². The minimum Gasteiger partial charge on any atom is -0.490 e. The molecule has 0 bridgehead atoms. The molecule has 1 aromatic rings. The SMILES string of the molecule is CCOc1ccc(C2CCCN=N2)cc1OCC. The van der Waals surface area contributed by atoms with Crippen LogP contribution in [0.3, 0.4) is 0 Å². The normalized spacial score (nSPS) is 18.7. The fraction of sp³-hybridized carbons (Fsp3) is 0.571. The van der Waals surface area contributed by atoms with Gasteiger partial charge in [-0.3, -0.25) is 0 Å². The number of hydrogen-bond donors (Lipinski definition) is 0. The zero-order chi connectivity index (χ0) is 12.8. The number of benzene rings is 1. The Kier molecular flexibility index (Phi) is 4.56. The Morgan fingerprint density at radius 1 is 1.17 bits per heavy atom. The van der Waals surface area contributed by atoms with Gasteiger partial charge < -0.3 is 9.47 Å². The maximum atomic E-state index is 5.62. The first kappa shape index (κ1) is 12.9. The van der Waals surface area contributed by atoms with Crippen molar-refractivity contribution in [1.29, 1.82) is 0 Å². The van der Waals surface area contributed by atoms with Gasteiger partial charge >= 0.3 is 0 Å². The van der Waals surface area contributed by atoms with Crippen LogP contribution in [0.4, 0.5) is 0 Å². The molecular weight excluding hydrogens is 228 g/mol. The number of nitrogens with zero attached hydrogens (tertiary/aromatic N) is 2. The van der Waals surface area contributed by atoms with Crippen molar-refractivity contribution in [2.45, 2.75) is 32.7 Å². The Labute approximate surface area is 108 Å². The van der Waals surface area contributed by atoms with E-state index in [1.807, 2.05) is 26.0 Å². The molecule has 0 N–H and O–H groups in total. The summed E-state index contributed by atoms with van der Waals surface area (Å²) in [7, 11) is 0. The Bertz CT molecular complexity index is 418. The lowest BCUT2D eigenvalue weighted by Gasteiger charge is -2.17. The molecule has 1 unspecified atom stereocenters. The summed E-state index contributed by atoms with van der Waals surface area (Å²) >= 11 is 0. The third-order valence-corrected chi connectivity index (χ3v) is 2.91. The second kappa shape index (κ2) is 6.38. The highest BCUT2D eigenvalue weighted by Gasteiger charge is 2.16. The molecule has 0 amide bonds. The van der Waals surface area contributed by atoms with E-state index in [0.717, 1.165) is 36.4 Å². The van der Waals surface area contributed by atoms with E-state index in [1.54, 1.807) is 0 Å². The molecule has 1 heterocycles. The van der Waals surface area contributed by atoms with Crippen LogP contribution in [0.15, 0.2) is 28.4 Å². The Hall–Kier alpha value is -1.58. The molecular formula is C14H20N2O2. The second-order valence-electron chi connectivity index (χ2n) is 4.21. The first-order valence-corrected chi connectivity index (χ1v) is 6.61. The summed E-state index contributed by atoms with van der Waals surface area (Å²) in [6.07, 6.45) is 2.16. The zero-order valence-corrected chi connectivity index (χ0v) is 11.1. The molecule has 2 rings (SSSR count). The van der Waals surface area contributed by atoms with E-state index >= 15 is 0 Å². The third-order valence-electron chi connectivity index (χ3n) is 2.91. The highest BCUT2D eigenvalue weighted by Crippen LogP contribution is 2.34. The van der Waals surface area contributed by atoms with Gasteiger partial charge in [0, 0.05) is 0 Å². The van der Waals surface area contributed by atoms with Gasteiger partial charge in [-0.25, -0.2) is 0 Å². The summed E-state index contributed by atoms with van der Waals surface area (Å²) in [6, 6.07) is 6.23. The maximum Gasteiger partial charge on any atom is 0.161 e. The number of hydrogen-bond acceptors (Lipinski definition) is 4. The zero-order valence-electron chi connectivity index (χ0n) is 11.1. The molecule has 0 radical (unpaired) electrons. The fourth-order valence-electron chi connectivity index (χ4n) is 2.08. The molecule has 0 saturated heterocycles. The second-order valence-corrected chi connectivity index (χ2v) is 4.21. The van der Waals surface area contributed by atoms with Crippen molar-refractivity contribution >= 4 is 0 Å². The molecule has 0 fully saturated rings. The Morgan fingerprint density at radius 3 is 2.61 bits per heavy atom. The molecule has 18 heavy (non-hydrogen) atoms. The standard InChI is InChI=1S/C14H20N2O2/c1-3-17-13-8-7-11(10-14(13)18-4-2)12-6-5-9-15-16-12/h7-8,10,12H,3-6,9H2,1-2H3. The van der Waals surface area contributed by atoms with Crippen LogP contribution in [0, 0.1) is 0 Å². The van der Waals surface area contributed by atoms with Crippen molar-refractivity contribution in [3.63, 3.8) is 0 Å². The molecule has 0 aliphatic carbocycles. The van der Waals surface area contributed by atoms with Gasteiger partial charge in [-0.15, -0.1) is 0 Å². The molecule has 1 atom stereocenters. The molecule has 4 heteroatoms. The van der Waals surface area contributed by atoms with E-state index in [-0.39, 0.29) is 6.04 Å². The van der Waals surface area contributed by atoms with Gasteiger partial charge in [0.15, 0.2) is 11.5 Å². The quantitative estimate of drug-likeness (QED) is 0.796. The van der Waals surface area contributed by atoms with Crippen LogP contribution in [0.2, 0.25) is 0 Å². The van der Waals surface area contributed by atoms with Crippen molar-refractivity contribution in [3.8, 4) is 11.5 Å². The minimum absolute atomic E-state index is 0.175. The number of ether oxygens (including phenoxy) is 2. The first-order valence-electron chi connectivity index (χ1n) is 6.61. The van der Waals surface area contributed by atoms with Crippen LogP contribution in [0.5, 0.6) is 11.5 Å². The summed E-state index contributed by atoms with van der Waals surface area (Å²) in [4.78, 5) is 0. The van der Waals surface area contributed by atoms with Gasteiger partial charge in [-0.1, -0.05) is 6.07 Å². The molecule has 0 aromatic heterocycles. The summed E-state index contributed by atoms with van der Waals surface area (Å²) in [6.45, 7) is 6.08. The lowest BCUT2D eigenvalue weighted by Crippen LogP contribution is -2.03. The van der Waals surface area contributed by atoms with Crippen molar-refractivity contribution in [2.24, 2.45) is 10.2 Å². The largest absolute Gasteiger partial charge is 0.490 e. The van der Waals surface area contributed by atoms with E-state index in [9.17, 15) is 0 Å². The molecule has 4 nitrogen and oxygen atoms in total. The van der Waals surface area contributed by atoms with E-state index in [1.165, 1.54) is 0 Å². The molecule has 98 valence electrons. The third kappa shape index (κ3) is 3.00. The Morgan fingerprint density at radius 2 is 1.94 bits per heavy atom. The maximum absolute atomic E-state index is 5.62. The molecule has 0 spiro atoms. The van der Waals surface area contributed by atoms with Gasteiger partial charge in [-0.05, 0) is 44.4 Å². The van der Waals surface area contributed by atoms with Crippen molar-refractivity contribution in [3.05, 3.63) is 23.8 Å². The first-order chi connectivity index (χ1) is 8.85. The lowest BCUT2D eigenvalue weighted by molar-refractivity contribution is 0.287. The average Bonchev–Trinajstić information content (AvgIpc) is 2.42. The van der Waals surface area contributed by atoms with Crippen LogP contribution < -0.4 is 9.47 Å². The van der Waals surface area contributed by atoms with Gasteiger partial charge in [-0.2, -0.15) is 10.2 Å². The van der Waals surface area contributed by atoms with Crippen molar-refractivity contribution < 1.29 is 9.47 Å². The van der Waals surface area contributed by atoms with E-state index in [4.69, 9.17) is 9.47 Å². The summed E-state index contributed by atoms with van der Waals surface area (Å²) in [5.41, 5.74) is 1.16. The van der Waals surface area contributed by atoms with Crippen LogP contribution in [-0.4, -0.2) is 19.8 Å². The van der Waals surface area contributed by atoms with E-state index in [2.05, 4.69) is 16.3 Å². The van der Waals surface area contributed by atoms with Gasteiger partial charge in [0.25, 0.3) is 0 Å². The fourth-order valence-corrected chi connectivity index (χ4v) is 2.08. The van der Waals surface area contributed by atoms with Crippen LogP contribution in [0.25, 0.3) is 0 Å². The van der Waals surface area contributed by atoms with Crippen molar-refractivity contribution in [2.75, 3.05) is 19.8 Å². The average molecular weight is 248 g/mol. The van der Waals surface area contributed by atoms with Crippen LogP contribution >= 0.6 is 0 Å². The van der Waals surface area contributed by atoms with E-state index < -0.39 is 0 Å². The van der Waals surface area contributed by atoms with E-state index in [0.29, 0.717) is 13.2 Å². The monoisotopic (exact) mass is 248 g/mol. The molecule has 1 aliphatic heterocycles. The predicted molar refractivity (Wildman–Crippen MR) is 70.5 cm³/mol. The minimum atomic E-state index is 0.175. The predicted octanol–water partition coefficient (Wildman–Crippen LogP) is 3.77. The van der Waals surface area contributed by atoms with Gasteiger partial charge in [0.2, 0.25) is 0 Å². The van der Waals surface area contributed by atoms with Crippen LogP contribution in [0.1, 0.15) is 38.3 Å². The van der Waals surface area contributed by atoms with Crippen molar-refractivity contribution in [1.82, 2.24) is 0 Å². The highest BCUT2D eigenvalue weighted by atomic mass is 16.5. The number of azo groups is 1. The topological polar surface area (TPSA) is 43.2 Å². The summed E-state index contributed by atoms with van der Waals surface area (Å²) in [5.74, 6) is 1.61. The highest BCUT2D eigenvalue weighted by molar-refractivity contribution is 5.44. The summed E-state index contributed by atoms with van der Waals surface area (Å²) in [5, 5.41) is 8.43. The van der Waals surface area contributed by atoms with Crippen LogP contribution in [-0.2, 0) is 0 Å². The lowest BCUT2D eigenvalue weighted by atomic mass is 10.0. The smallest absolute Gasteiger partial charge is 0.161 e. The molecule has 1 aliphatic rings. The molecule has 0 saturated carbocycles. The summed E-state index contributed by atoms with van der Waals surface area (Å²) < 4.78 is 11.2. The van der Waals surface area contributed by atoms with Gasteiger partial charge in [0.05, 0.1) is 25.8 Å². The Balaban J connectivity index is 2.23.